The highest BCUT2D eigenvalue weighted by Crippen LogP contribution is 2.40. The van der Waals surface area contributed by atoms with E-state index in [4.69, 9.17) is 9.84 Å². The molecule has 10 heteroatoms. The fraction of sp³-hybridized carbons (Fsp3) is 0.148. The van der Waals surface area contributed by atoms with E-state index in [1.807, 2.05) is 61.5 Å². The van der Waals surface area contributed by atoms with Gasteiger partial charge in [-0.3, -0.25) is 14.9 Å². The number of fused-ring (bicyclic) bond motifs is 1. The van der Waals surface area contributed by atoms with E-state index in [9.17, 15) is 14.9 Å². The lowest BCUT2D eigenvalue weighted by Gasteiger charge is -2.29. The van der Waals surface area contributed by atoms with E-state index in [1.165, 1.54) is 12.1 Å². The lowest BCUT2D eigenvalue weighted by Crippen LogP contribution is -2.31. The highest BCUT2D eigenvalue weighted by atomic mass is 16.6. The zero-order valence-electron chi connectivity index (χ0n) is 20.2. The summed E-state index contributed by atoms with van der Waals surface area (Å²) in [6.45, 7) is 4.14. The van der Waals surface area contributed by atoms with Gasteiger partial charge in [0.2, 0.25) is 5.95 Å². The third kappa shape index (κ3) is 4.64. The van der Waals surface area contributed by atoms with E-state index < -0.39 is 11.0 Å². The van der Waals surface area contributed by atoms with Crippen LogP contribution in [0, 0.1) is 10.1 Å². The molecule has 1 aliphatic rings. The number of hydrogen-bond acceptors (Lipinski definition) is 7. The molecule has 186 valence electrons. The van der Waals surface area contributed by atoms with Crippen LogP contribution in [-0.4, -0.2) is 32.2 Å². The molecule has 0 saturated carbocycles. The molecule has 2 N–H and O–H groups in total. The molecule has 0 bridgehead atoms. The number of benzene rings is 3. The van der Waals surface area contributed by atoms with Crippen molar-refractivity contribution < 1.29 is 14.5 Å². The monoisotopic (exact) mass is 496 g/mol. The first kappa shape index (κ1) is 23.7. The van der Waals surface area contributed by atoms with Crippen LogP contribution < -0.4 is 15.4 Å². The molecule has 4 aromatic rings. The van der Waals surface area contributed by atoms with Gasteiger partial charge in [-0.05, 0) is 32.0 Å². The predicted molar refractivity (Wildman–Crippen MR) is 139 cm³/mol. The van der Waals surface area contributed by atoms with E-state index >= 15 is 0 Å². The molecule has 1 aliphatic heterocycles. The van der Waals surface area contributed by atoms with Crippen LogP contribution in [0.5, 0.6) is 5.75 Å². The number of rotatable bonds is 7. The Morgan fingerprint density at radius 3 is 2.62 bits per heavy atom. The van der Waals surface area contributed by atoms with Crippen molar-refractivity contribution in [2.24, 2.45) is 0 Å². The summed E-state index contributed by atoms with van der Waals surface area (Å²) < 4.78 is 7.53. The van der Waals surface area contributed by atoms with Gasteiger partial charge in [-0.25, -0.2) is 4.68 Å². The highest BCUT2D eigenvalue weighted by molar-refractivity contribution is 6.06. The molecule has 3 aromatic carbocycles. The Kier molecular flexibility index (Phi) is 6.38. The maximum Gasteiger partial charge on any atom is 0.270 e. The van der Waals surface area contributed by atoms with Gasteiger partial charge in [0.1, 0.15) is 11.8 Å². The van der Waals surface area contributed by atoms with Gasteiger partial charge in [-0.15, -0.1) is 5.10 Å². The van der Waals surface area contributed by atoms with Crippen LogP contribution in [0.3, 0.4) is 0 Å². The first-order valence-corrected chi connectivity index (χ1v) is 11.7. The van der Waals surface area contributed by atoms with Gasteiger partial charge in [0.25, 0.3) is 11.6 Å². The molecular formula is C27H24N6O4. The first-order chi connectivity index (χ1) is 18.0. The van der Waals surface area contributed by atoms with Crippen molar-refractivity contribution in [2.75, 3.05) is 17.2 Å². The molecule has 0 aliphatic carbocycles. The molecule has 37 heavy (non-hydrogen) atoms. The van der Waals surface area contributed by atoms with Crippen LogP contribution in [0.1, 0.15) is 25.5 Å². The fourth-order valence-corrected chi connectivity index (χ4v) is 4.33. The van der Waals surface area contributed by atoms with Crippen molar-refractivity contribution in [3.05, 3.63) is 106 Å². The molecule has 0 fully saturated rings. The van der Waals surface area contributed by atoms with Crippen LogP contribution in [0.25, 0.3) is 11.4 Å². The standard InChI is InChI=1S/C27H24N6O4/c1-3-37-22-15-8-7-14-21(22)24-23(26(34)29-19-11-5-4-6-12-19)17(2)28-27-30-25(31-32(24)27)18-10-9-13-20(16-18)33(35)36/h4-16,24H,3H2,1-2H3,(H,29,34)(H,28,30,31). The average Bonchev–Trinajstić information content (AvgIpc) is 3.33. The van der Waals surface area contributed by atoms with Crippen molar-refractivity contribution in [3.63, 3.8) is 0 Å². The molecule has 1 atom stereocenters. The SMILES string of the molecule is CCOc1ccccc1C1C(C(=O)Nc2ccccc2)=C(C)Nc2nc(-c3cccc([N+](=O)[O-])c3)nn21. The number of allylic oxidation sites excluding steroid dienone is 1. The molecule has 1 amide bonds. The smallest absolute Gasteiger partial charge is 0.270 e. The van der Waals surface area contributed by atoms with E-state index in [0.29, 0.717) is 46.7 Å². The molecule has 0 radical (unpaired) electrons. The number of hydrogen-bond donors (Lipinski definition) is 2. The van der Waals surface area contributed by atoms with Crippen LogP contribution >= 0.6 is 0 Å². The number of anilines is 2. The number of non-ortho nitro benzene ring substituents is 1. The summed E-state index contributed by atoms with van der Waals surface area (Å²) in [5, 5.41) is 22.2. The number of aromatic nitrogens is 3. The minimum absolute atomic E-state index is 0.0614. The Hall–Kier alpha value is -4.99. The number of carbonyl (C=O) groups excluding carboxylic acids is 1. The maximum atomic E-state index is 13.7. The van der Waals surface area contributed by atoms with Crippen molar-refractivity contribution in [1.82, 2.24) is 14.8 Å². The zero-order chi connectivity index (χ0) is 25.9. The van der Waals surface area contributed by atoms with E-state index in [0.717, 1.165) is 5.56 Å². The van der Waals surface area contributed by atoms with Gasteiger partial charge >= 0.3 is 0 Å². The third-order valence-corrected chi connectivity index (χ3v) is 5.96. The molecule has 2 heterocycles. The number of nitro benzene ring substituents is 1. The Labute approximate surface area is 212 Å². The number of nitro groups is 1. The minimum Gasteiger partial charge on any atom is -0.494 e. The number of nitrogens with one attached hydrogen (secondary N) is 2. The Bertz CT molecular complexity index is 1510. The molecule has 0 spiro atoms. The molecule has 5 rings (SSSR count). The van der Waals surface area contributed by atoms with Gasteiger partial charge < -0.3 is 15.4 Å². The third-order valence-electron chi connectivity index (χ3n) is 5.96. The Morgan fingerprint density at radius 2 is 1.86 bits per heavy atom. The van der Waals surface area contributed by atoms with Crippen LogP contribution in [-0.2, 0) is 4.79 Å². The second kappa shape index (κ2) is 9.94. The van der Waals surface area contributed by atoms with Gasteiger partial charge in [0, 0.05) is 34.6 Å². The quantitative estimate of drug-likeness (QED) is 0.267. The normalized spacial score (nSPS) is 14.5. The van der Waals surface area contributed by atoms with Gasteiger partial charge in [0.15, 0.2) is 5.82 Å². The second-order valence-electron chi connectivity index (χ2n) is 8.37. The van der Waals surface area contributed by atoms with Crippen molar-refractivity contribution >= 4 is 23.2 Å². The largest absolute Gasteiger partial charge is 0.494 e. The molecule has 1 aromatic heterocycles. The number of para-hydroxylation sites is 2. The van der Waals surface area contributed by atoms with Gasteiger partial charge in [-0.1, -0.05) is 48.5 Å². The molecule has 1 unspecified atom stereocenters. The van der Waals surface area contributed by atoms with Crippen LogP contribution in [0.4, 0.5) is 17.3 Å². The summed E-state index contributed by atoms with van der Waals surface area (Å²) in [4.78, 5) is 29.1. The topological polar surface area (TPSA) is 124 Å². The zero-order valence-corrected chi connectivity index (χ0v) is 20.2. The number of carbonyl (C=O) groups is 1. The van der Waals surface area contributed by atoms with Crippen LogP contribution in [0.15, 0.2) is 90.1 Å². The molecular weight excluding hydrogens is 472 g/mol. The van der Waals surface area contributed by atoms with Gasteiger partial charge in [0.05, 0.1) is 17.1 Å². The second-order valence-corrected chi connectivity index (χ2v) is 8.37. The van der Waals surface area contributed by atoms with E-state index in [2.05, 4.69) is 15.6 Å². The van der Waals surface area contributed by atoms with Gasteiger partial charge in [-0.2, -0.15) is 4.98 Å². The number of ether oxygens (including phenoxy) is 1. The summed E-state index contributed by atoms with van der Waals surface area (Å²) in [5.74, 6) is 1.02. The lowest BCUT2D eigenvalue weighted by molar-refractivity contribution is -0.384. The van der Waals surface area contributed by atoms with Crippen molar-refractivity contribution in [2.45, 2.75) is 19.9 Å². The molecule has 10 nitrogen and oxygen atoms in total. The Morgan fingerprint density at radius 1 is 1.11 bits per heavy atom. The summed E-state index contributed by atoms with van der Waals surface area (Å²) in [7, 11) is 0. The Balaban J connectivity index is 1.64. The first-order valence-electron chi connectivity index (χ1n) is 11.7. The summed E-state index contributed by atoms with van der Waals surface area (Å²) in [6, 6.07) is 22.1. The summed E-state index contributed by atoms with van der Waals surface area (Å²) >= 11 is 0. The summed E-state index contributed by atoms with van der Waals surface area (Å²) in [6.07, 6.45) is 0. The minimum atomic E-state index is -0.664. The number of nitrogens with zero attached hydrogens (tertiary/aromatic N) is 4. The van der Waals surface area contributed by atoms with Crippen LogP contribution in [0.2, 0.25) is 0 Å². The lowest BCUT2D eigenvalue weighted by atomic mass is 9.94. The average molecular weight is 497 g/mol. The highest BCUT2D eigenvalue weighted by Gasteiger charge is 2.36. The number of amides is 1. The van der Waals surface area contributed by atoms with E-state index in [1.54, 1.807) is 23.7 Å². The summed E-state index contributed by atoms with van der Waals surface area (Å²) in [5.41, 5.74) is 2.87. The fourth-order valence-electron chi connectivity index (χ4n) is 4.33. The van der Waals surface area contributed by atoms with Crippen molar-refractivity contribution in [3.8, 4) is 17.1 Å². The maximum absolute atomic E-state index is 13.7. The van der Waals surface area contributed by atoms with Crippen molar-refractivity contribution in [1.29, 1.82) is 0 Å². The predicted octanol–water partition coefficient (Wildman–Crippen LogP) is 5.18. The van der Waals surface area contributed by atoms with E-state index in [-0.39, 0.29) is 11.6 Å². The molecule has 0 saturated heterocycles.